The molecule has 9 heteroatoms. The highest BCUT2D eigenvalue weighted by Crippen LogP contribution is 2.32. The number of rotatable bonds is 2. The smallest absolute Gasteiger partial charge is 0.309 e. The van der Waals surface area contributed by atoms with Crippen LogP contribution in [0.1, 0.15) is 71.5 Å². The largest absolute Gasteiger partial charge is 0.457 e. The van der Waals surface area contributed by atoms with Gasteiger partial charge in [0.05, 0.1) is 40.8 Å². The maximum Gasteiger partial charge on any atom is 0.309 e. The number of aromatic nitrogens is 1. The van der Waals surface area contributed by atoms with Gasteiger partial charge in [-0.25, -0.2) is 4.98 Å². The van der Waals surface area contributed by atoms with Crippen molar-refractivity contribution in [2.45, 2.75) is 98.2 Å². The lowest BCUT2D eigenvalue weighted by Gasteiger charge is -2.35. The van der Waals surface area contributed by atoms with Crippen molar-refractivity contribution in [1.29, 1.82) is 0 Å². The summed E-state index contributed by atoms with van der Waals surface area (Å²) in [6.07, 6.45) is -1.98. The Morgan fingerprint density at radius 2 is 1.81 bits per heavy atom. The van der Waals surface area contributed by atoms with Gasteiger partial charge in [-0.05, 0) is 50.3 Å². The Labute approximate surface area is 217 Å². The SMILES string of the molecule is CC(=Cc1csc(C)n1)[C@@H]1CC=C(C)[C@@H](O)[C@H](O)C[C@H](C)[C@H](O)[C@@H](C)C(=O)C(C)(C)[C@@H](O)CC(=O)O1. The standard InChI is InChI=1S/C27H41NO7S/c1-14-8-9-21(15(2)10-19-13-36-18(5)28-19)35-23(31)12-22(30)27(6,7)26(34)17(4)24(32)16(3)11-20(29)25(14)33/h8,10,13,16-17,20-22,24-25,29-30,32-33H,9,11-12H2,1-7H3/t16-,17+,20+,21-,22-,24-,25+/m0/s1. The molecule has 0 bridgehead atoms. The van der Waals surface area contributed by atoms with Crippen LogP contribution in [0.15, 0.2) is 22.6 Å². The van der Waals surface area contributed by atoms with Crippen molar-refractivity contribution in [1.82, 2.24) is 4.98 Å². The number of ketones is 1. The lowest BCUT2D eigenvalue weighted by atomic mass is 9.72. The second kappa shape index (κ2) is 12.6. The molecule has 2 heterocycles. The van der Waals surface area contributed by atoms with E-state index in [0.717, 1.165) is 16.3 Å². The Kier molecular flexibility index (Phi) is 10.6. The van der Waals surface area contributed by atoms with Crippen molar-refractivity contribution in [3.05, 3.63) is 33.3 Å². The van der Waals surface area contributed by atoms with E-state index in [9.17, 15) is 30.0 Å². The molecule has 0 spiro atoms. The van der Waals surface area contributed by atoms with Crippen LogP contribution in [0.2, 0.25) is 0 Å². The fraction of sp³-hybridized carbons (Fsp3) is 0.667. The molecule has 2 rings (SSSR count). The van der Waals surface area contributed by atoms with Crippen LogP contribution in [0, 0.1) is 24.2 Å². The summed E-state index contributed by atoms with van der Waals surface area (Å²) in [6.45, 7) is 11.7. The zero-order valence-electron chi connectivity index (χ0n) is 22.3. The topological polar surface area (TPSA) is 137 Å². The number of thiazole rings is 1. The van der Waals surface area contributed by atoms with Gasteiger partial charge >= 0.3 is 5.97 Å². The quantitative estimate of drug-likeness (QED) is 0.343. The molecule has 0 radical (unpaired) electrons. The number of ether oxygens (including phenoxy) is 1. The number of hydrogen-bond donors (Lipinski definition) is 4. The van der Waals surface area contributed by atoms with Crippen molar-refractivity contribution >= 4 is 29.2 Å². The molecule has 1 aliphatic heterocycles. The predicted octanol–water partition coefficient (Wildman–Crippen LogP) is 3.21. The van der Waals surface area contributed by atoms with Crippen molar-refractivity contribution in [2.75, 3.05) is 0 Å². The highest BCUT2D eigenvalue weighted by atomic mass is 32.1. The van der Waals surface area contributed by atoms with E-state index in [1.54, 1.807) is 40.7 Å². The Morgan fingerprint density at radius 1 is 1.17 bits per heavy atom. The molecule has 0 saturated heterocycles. The van der Waals surface area contributed by atoms with Crippen LogP contribution < -0.4 is 0 Å². The van der Waals surface area contributed by atoms with Gasteiger partial charge in [-0.3, -0.25) is 9.59 Å². The van der Waals surface area contributed by atoms with Crippen LogP contribution in [-0.4, -0.2) is 67.7 Å². The number of carbonyl (C=O) groups is 2. The molecule has 0 fully saturated rings. The lowest BCUT2D eigenvalue weighted by molar-refractivity contribution is -0.154. The van der Waals surface area contributed by atoms with Crippen LogP contribution in [0.4, 0.5) is 0 Å². The van der Waals surface area contributed by atoms with Gasteiger partial charge in [0.25, 0.3) is 0 Å². The van der Waals surface area contributed by atoms with Crippen LogP contribution >= 0.6 is 11.3 Å². The third-order valence-electron chi connectivity index (χ3n) is 7.23. The Morgan fingerprint density at radius 3 is 2.39 bits per heavy atom. The summed E-state index contributed by atoms with van der Waals surface area (Å²) in [7, 11) is 0. The monoisotopic (exact) mass is 523 g/mol. The third-order valence-corrected chi connectivity index (χ3v) is 8.02. The van der Waals surface area contributed by atoms with E-state index in [1.807, 2.05) is 25.3 Å². The van der Waals surface area contributed by atoms with Crippen LogP contribution in [-0.2, 0) is 14.3 Å². The van der Waals surface area contributed by atoms with Crippen LogP contribution in [0.25, 0.3) is 6.08 Å². The average molecular weight is 524 g/mol. The second-order valence-electron chi connectivity index (χ2n) is 10.7. The molecular formula is C27H41NO7S. The van der Waals surface area contributed by atoms with Crippen molar-refractivity contribution in [3.8, 4) is 0 Å². The summed E-state index contributed by atoms with van der Waals surface area (Å²) in [5.74, 6) is -2.41. The maximum absolute atomic E-state index is 13.2. The normalized spacial score (nSPS) is 33.7. The number of esters is 1. The number of aryl methyl sites for hydroxylation is 1. The minimum atomic E-state index is -1.32. The lowest BCUT2D eigenvalue weighted by Crippen LogP contribution is -2.46. The average Bonchev–Trinajstić information content (AvgIpc) is 3.22. The van der Waals surface area contributed by atoms with Gasteiger partial charge in [0.2, 0.25) is 0 Å². The summed E-state index contributed by atoms with van der Waals surface area (Å²) in [5, 5.41) is 45.7. The van der Waals surface area contributed by atoms with Gasteiger partial charge < -0.3 is 25.2 Å². The van der Waals surface area contributed by atoms with E-state index >= 15 is 0 Å². The maximum atomic E-state index is 13.2. The fourth-order valence-electron chi connectivity index (χ4n) is 4.48. The van der Waals surface area contributed by atoms with Crippen LogP contribution in [0.5, 0.6) is 0 Å². The molecule has 0 saturated carbocycles. The number of carbonyl (C=O) groups excluding carboxylic acids is 2. The zero-order chi connectivity index (χ0) is 27.4. The van der Waals surface area contributed by atoms with Gasteiger partial charge in [0, 0.05) is 17.7 Å². The molecule has 1 aromatic heterocycles. The first-order chi connectivity index (χ1) is 16.6. The summed E-state index contributed by atoms with van der Waals surface area (Å²) < 4.78 is 5.73. The highest BCUT2D eigenvalue weighted by molar-refractivity contribution is 7.09. The molecule has 1 aliphatic rings. The Hall–Kier alpha value is -1.91. The van der Waals surface area contributed by atoms with Gasteiger partial charge in [0.15, 0.2) is 0 Å². The van der Waals surface area contributed by atoms with E-state index < -0.39 is 59.5 Å². The van der Waals surface area contributed by atoms with E-state index in [1.165, 1.54) is 11.3 Å². The van der Waals surface area contributed by atoms with E-state index in [0.29, 0.717) is 5.57 Å². The number of nitrogens with zero attached hydrogens (tertiary/aromatic N) is 1. The summed E-state index contributed by atoms with van der Waals surface area (Å²) in [4.78, 5) is 30.5. The van der Waals surface area contributed by atoms with Crippen molar-refractivity contribution in [2.24, 2.45) is 17.3 Å². The molecule has 0 aromatic carbocycles. The minimum Gasteiger partial charge on any atom is -0.457 e. The predicted molar refractivity (Wildman–Crippen MR) is 139 cm³/mol. The molecule has 36 heavy (non-hydrogen) atoms. The third kappa shape index (κ3) is 7.55. The van der Waals surface area contributed by atoms with Crippen molar-refractivity contribution in [3.63, 3.8) is 0 Å². The van der Waals surface area contributed by atoms with E-state index in [4.69, 9.17) is 4.74 Å². The number of aliphatic hydroxyl groups is 4. The zero-order valence-corrected chi connectivity index (χ0v) is 23.1. The second-order valence-corrected chi connectivity index (χ2v) is 11.7. The highest BCUT2D eigenvalue weighted by Gasteiger charge is 2.42. The molecule has 8 nitrogen and oxygen atoms in total. The molecule has 4 N–H and O–H groups in total. The molecule has 202 valence electrons. The first-order valence-corrected chi connectivity index (χ1v) is 13.3. The van der Waals surface area contributed by atoms with Crippen molar-refractivity contribution < 1.29 is 34.8 Å². The Bertz CT molecular complexity index is 983. The number of cyclic esters (lactones) is 1. The molecule has 0 aliphatic carbocycles. The van der Waals surface area contributed by atoms with Gasteiger partial charge in [-0.2, -0.15) is 0 Å². The van der Waals surface area contributed by atoms with E-state index in [-0.39, 0.29) is 19.3 Å². The molecular weight excluding hydrogens is 482 g/mol. The molecule has 0 unspecified atom stereocenters. The molecule has 0 amide bonds. The van der Waals surface area contributed by atoms with Gasteiger partial charge in [-0.15, -0.1) is 11.3 Å². The minimum absolute atomic E-state index is 0.0780. The first kappa shape index (κ1) is 30.3. The number of Topliss-reactive ketones (excluding diaryl/α,β-unsaturated/α-hetero) is 1. The fourth-order valence-corrected chi connectivity index (χ4v) is 5.05. The van der Waals surface area contributed by atoms with Gasteiger partial charge in [0.1, 0.15) is 18.0 Å². The van der Waals surface area contributed by atoms with Crippen LogP contribution in [0.3, 0.4) is 0 Å². The summed E-state index contributed by atoms with van der Waals surface area (Å²) in [5.41, 5.74) is 0.648. The number of hydrogen-bond acceptors (Lipinski definition) is 9. The van der Waals surface area contributed by atoms with Gasteiger partial charge in [-0.1, -0.05) is 33.8 Å². The Balaban J connectivity index is 2.43. The first-order valence-electron chi connectivity index (χ1n) is 12.4. The molecule has 1 aromatic rings. The summed E-state index contributed by atoms with van der Waals surface area (Å²) in [6, 6.07) is 0. The molecule has 7 atom stereocenters. The number of aliphatic hydroxyl groups excluding tert-OH is 4. The summed E-state index contributed by atoms with van der Waals surface area (Å²) >= 11 is 1.50. The van der Waals surface area contributed by atoms with E-state index in [2.05, 4.69) is 4.98 Å².